The van der Waals surface area contributed by atoms with Crippen molar-refractivity contribution in [3.8, 4) is 11.3 Å². The molecule has 1 fully saturated rings. The third-order valence-electron chi connectivity index (χ3n) is 6.68. The van der Waals surface area contributed by atoms with Crippen molar-refractivity contribution >= 4 is 22.7 Å². The molecule has 1 aliphatic heterocycles. The van der Waals surface area contributed by atoms with Crippen LogP contribution in [0.3, 0.4) is 0 Å². The van der Waals surface area contributed by atoms with Crippen LogP contribution in [0, 0.1) is 11.6 Å². The first-order chi connectivity index (χ1) is 17.7. The highest BCUT2D eigenvalue weighted by atomic mass is 19.3. The molecule has 0 aliphatic carbocycles. The van der Waals surface area contributed by atoms with E-state index in [1.165, 1.54) is 18.6 Å². The maximum atomic E-state index is 13.9. The average Bonchev–Trinajstić information content (AvgIpc) is 3.29. The molecule has 9 nitrogen and oxygen atoms in total. The number of fused-ring (bicyclic) bond motifs is 1. The van der Waals surface area contributed by atoms with Crippen molar-refractivity contribution in [1.29, 1.82) is 0 Å². The second-order valence-electron chi connectivity index (χ2n) is 9.17. The molecule has 0 bridgehead atoms. The molecule has 3 aromatic heterocycles. The Morgan fingerprint density at radius 2 is 1.89 bits per heavy atom. The van der Waals surface area contributed by atoms with Gasteiger partial charge in [0.2, 0.25) is 0 Å². The molecule has 1 aliphatic rings. The van der Waals surface area contributed by atoms with E-state index in [9.17, 15) is 22.7 Å². The van der Waals surface area contributed by atoms with E-state index in [4.69, 9.17) is 11.5 Å². The second-order valence-corrected chi connectivity index (χ2v) is 9.17. The van der Waals surface area contributed by atoms with Gasteiger partial charge >= 0.3 is 0 Å². The fourth-order valence-corrected chi connectivity index (χ4v) is 4.72. The number of anilines is 2. The number of hydrogen-bond acceptors (Lipinski definition) is 8. The van der Waals surface area contributed by atoms with Crippen molar-refractivity contribution in [1.82, 2.24) is 24.5 Å². The van der Waals surface area contributed by atoms with E-state index in [2.05, 4.69) is 19.9 Å². The minimum absolute atomic E-state index is 0.0303. The van der Waals surface area contributed by atoms with Crippen LogP contribution in [0.25, 0.3) is 22.4 Å². The van der Waals surface area contributed by atoms with E-state index in [0.29, 0.717) is 46.6 Å². The standard InChI is InChI=1S/C24H24F4N8O/c25-15-3-2-13(6-16(15)26)17-7-14(9-36-12-34-19-22(29)32-11-33-23(19)36)18(8-31-17)35-5-1-4-24(30,10-35)20(37)21(27)28/h2-3,6-8,11-12,20-21,37H,1,4-5,9-10,30H2,(H2,29,32,33)/t20-,24?/m1/s1. The van der Waals surface area contributed by atoms with Crippen molar-refractivity contribution in [3.63, 3.8) is 0 Å². The van der Waals surface area contributed by atoms with Crippen LogP contribution in [-0.2, 0) is 6.54 Å². The Balaban J connectivity index is 1.58. The molecule has 194 valence electrons. The molecule has 2 atom stereocenters. The van der Waals surface area contributed by atoms with Gasteiger partial charge in [-0.05, 0) is 42.7 Å². The molecule has 0 amide bonds. The van der Waals surface area contributed by atoms with Gasteiger partial charge in [0.25, 0.3) is 6.43 Å². The molecule has 0 spiro atoms. The van der Waals surface area contributed by atoms with E-state index in [1.54, 1.807) is 21.9 Å². The summed E-state index contributed by atoms with van der Waals surface area (Å²) in [4.78, 5) is 18.7. The monoisotopic (exact) mass is 516 g/mol. The van der Waals surface area contributed by atoms with Crippen molar-refractivity contribution < 1.29 is 22.7 Å². The summed E-state index contributed by atoms with van der Waals surface area (Å²) < 4.78 is 55.9. The van der Waals surface area contributed by atoms with Crippen LogP contribution in [0.5, 0.6) is 0 Å². The Bertz CT molecular complexity index is 1450. The second kappa shape index (κ2) is 9.56. The van der Waals surface area contributed by atoms with Crippen molar-refractivity contribution in [2.24, 2.45) is 5.73 Å². The molecule has 4 aromatic rings. The Morgan fingerprint density at radius 1 is 1.08 bits per heavy atom. The third-order valence-corrected chi connectivity index (χ3v) is 6.68. The molecule has 1 aromatic carbocycles. The van der Waals surface area contributed by atoms with E-state index in [0.717, 1.165) is 12.1 Å². The summed E-state index contributed by atoms with van der Waals surface area (Å²) in [6.07, 6.45) is 0.117. The SMILES string of the molecule is Nc1ncnc2c1ncn2Cc1cc(-c2ccc(F)c(F)c2)ncc1N1CCCC(N)([C@H](O)C(F)F)C1. The average molecular weight is 517 g/mol. The van der Waals surface area contributed by atoms with Crippen molar-refractivity contribution in [2.45, 2.75) is 37.5 Å². The fourth-order valence-electron chi connectivity index (χ4n) is 4.72. The van der Waals surface area contributed by atoms with Crippen LogP contribution in [0.4, 0.5) is 29.1 Å². The van der Waals surface area contributed by atoms with E-state index in [1.807, 2.05) is 0 Å². The van der Waals surface area contributed by atoms with Gasteiger partial charge in [-0.2, -0.15) is 0 Å². The van der Waals surface area contributed by atoms with Gasteiger partial charge in [-0.25, -0.2) is 32.5 Å². The highest BCUT2D eigenvalue weighted by Gasteiger charge is 2.43. The van der Waals surface area contributed by atoms with Gasteiger partial charge in [0.05, 0.1) is 36.0 Å². The number of piperidine rings is 1. The first kappa shape index (κ1) is 24.8. The van der Waals surface area contributed by atoms with Crippen LogP contribution in [-0.4, -0.2) is 60.8 Å². The van der Waals surface area contributed by atoms with Crippen LogP contribution >= 0.6 is 0 Å². The predicted molar refractivity (Wildman–Crippen MR) is 129 cm³/mol. The summed E-state index contributed by atoms with van der Waals surface area (Å²) in [6.45, 7) is 0.679. The highest BCUT2D eigenvalue weighted by molar-refractivity contribution is 5.81. The summed E-state index contributed by atoms with van der Waals surface area (Å²) >= 11 is 0. The van der Waals surface area contributed by atoms with E-state index in [-0.39, 0.29) is 25.3 Å². The summed E-state index contributed by atoms with van der Waals surface area (Å²) in [7, 11) is 0. The number of aliphatic hydroxyl groups excluding tert-OH is 1. The van der Waals surface area contributed by atoms with Gasteiger partial charge in [-0.3, -0.25) is 4.98 Å². The minimum atomic E-state index is -2.99. The molecule has 1 saturated heterocycles. The van der Waals surface area contributed by atoms with Crippen molar-refractivity contribution in [3.05, 3.63) is 60.3 Å². The number of hydrogen-bond donors (Lipinski definition) is 3. The quantitative estimate of drug-likeness (QED) is 0.334. The number of aliphatic hydroxyl groups is 1. The topological polar surface area (TPSA) is 132 Å². The molecule has 1 unspecified atom stereocenters. The Kier molecular flexibility index (Phi) is 6.42. The lowest BCUT2D eigenvalue weighted by Gasteiger charge is -2.44. The normalized spacial score (nSPS) is 19.1. The van der Waals surface area contributed by atoms with Gasteiger partial charge in [0, 0.05) is 18.7 Å². The molecule has 37 heavy (non-hydrogen) atoms. The van der Waals surface area contributed by atoms with Crippen LogP contribution < -0.4 is 16.4 Å². The largest absolute Gasteiger partial charge is 0.385 e. The smallest absolute Gasteiger partial charge is 0.265 e. The molecule has 5 N–H and O–H groups in total. The summed E-state index contributed by atoms with van der Waals surface area (Å²) in [6, 6.07) is 5.18. The van der Waals surface area contributed by atoms with Gasteiger partial charge in [0.15, 0.2) is 23.1 Å². The number of imidazole rings is 1. The van der Waals surface area contributed by atoms with Gasteiger partial charge in [-0.1, -0.05) is 0 Å². The van der Waals surface area contributed by atoms with Crippen LogP contribution in [0.1, 0.15) is 18.4 Å². The zero-order valence-corrected chi connectivity index (χ0v) is 19.5. The molecular weight excluding hydrogens is 492 g/mol. The van der Waals surface area contributed by atoms with E-state index < -0.39 is 29.7 Å². The van der Waals surface area contributed by atoms with Crippen molar-refractivity contribution in [2.75, 3.05) is 23.7 Å². The maximum absolute atomic E-state index is 13.9. The maximum Gasteiger partial charge on any atom is 0.265 e. The van der Waals surface area contributed by atoms with Crippen LogP contribution in [0.2, 0.25) is 0 Å². The Hall–Kier alpha value is -3.84. The number of pyridine rings is 1. The first-order valence-corrected chi connectivity index (χ1v) is 11.5. The number of nitrogen functional groups attached to an aromatic ring is 1. The Morgan fingerprint density at radius 3 is 2.65 bits per heavy atom. The number of rotatable bonds is 6. The third kappa shape index (κ3) is 4.67. The van der Waals surface area contributed by atoms with Crippen LogP contribution in [0.15, 0.2) is 43.1 Å². The zero-order valence-electron chi connectivity index (χ0n) is 19.5. The molecule has 13 heteroatoms. The predicted octanol–water partition coefficient (Wildman–Crippen LogP) is 2.72. The first-order valence-electron chi connectivity index (χ1n) is 11.5. The lowest BCUT2D eigenvalue weighted by Crippen LogP contribution is -2.63. The molecular formula is C24H24F4N8O. The van der Waals surface area contributed by atoms with Gasteiger partial charge < -0.3 is 26.0 Å². The van der Waals surface area contributed by atoms with Gasteiger partial charge in [-0.15, -0.1) is 0 Å². The number of halogens is 4. The number of nitrogens with zero attached hydrogens (tertiary/aromatic N) is 6. The number of nitrogens with two attached hydrogens (primary N) is 2. The zero-order chi connectivity index (χ0) is 26.3. The number of alkyl halides is 2. The summed E-state index contributed by atoms with van der Waals surface area (Å²) in [5.41, 5.74) is 13.5. The molecule has 0 radical (unpaired) electrons. The van der Waals surface area contributed by atoms with E-state index >= 15 is 0 Å². The molecule has 0 saturated carbocycles. The van der Waals surface area contributed by atoms with Gasteiger partial charge in [0.1, 0.15) is 17.9 Å². The lowest BCUT2D eigenvalue weighted by molar-refractivity contribution is -0.0529. The molecule has 5 rings (SSSR count). The highest BCUT2D eigenvalue weighted by Crippen LogP contribution is 2.33. The number of aromatic nitrogens is 5. The number of benzene rings is 1. The Labute approximate surface area is 208 Å². The fraction of sp³-hybridized carbons (Fsp3) is 0.333. The lowest BCUT2D eigenvalue weighted by atomic mass is 9.84. The molecule has 4 heterocycles. The minimum Gasteiger partial charge on any atom is -0.385 e. The summed E-state index contributed by atoms with van der Waals surface area (Å²) in [5, 5.41) is 10.1. The summed E-state index contributed by atoms with van der Waals surface area (Å²) in [5.74, 6) is -1.78.